The molecule has 0 unspecified atom stereocenters. The number of carboxylic acid groups (broad SMARTS) is 1. The molecule has 0 bridgehead atoms. The summed E-state index contributed by atoms with van der Waals surface area (Å²) >= 11 is 0. The molecule has 0 aliphatic rings. The lowest BCUT2D eigenvalue weighted by molar-refractivity contribution is -0.147. The van der Waals surface area contributed by atoms with E-state index in [0.29, 0.717) is 22.6 Å². The summed E-state index contributed by atoms with van der Waals surface area (Å²) in [5, 5.41) is 9.44. The zero-order chi connectivity index (χ0) is 18.9. The summed E-state index contributed by atoms with van der Waals surface area (Å²) < 4.78 is 15.0. The van der Waals surface area contributed by atoms with Gasteiger partial charge in [-0.25, -0.2) is 19.3 Å². The SMILES string of the molecule is CC(C)(Cn1cnc(-c2ccc(F)cc2)c1-c1ccnc(N)n1)C(=O)O. The number of hydrogen-bond donors (Lipinski definition) is 2. The Hall–Kier alpha value is -3.29. The van der Waals surface area contributed by atoms with Gasteiger partial charge in [0.1, 0.15) is 5.82 Å². The van der Waals surface area contributed by atoms with Crippen LogP contribution in [0.15, 0.2) is 42.9 Å². The summed E-state index contributed by atoms with van der Waals surface area (Å²) in [6.07, 6.45) is 3.07. The molecule has 3 aromatic rings. The number of imidazole rings is 1. The van der Waals surface area contributed by atoms with Gasteiger partial charge >= 0.3 is 5.97 Å². The number of carbonyl (C=O) groups is 1. The topological polar surface area (TPSA) is 107 Å². The Morgan fingerprint density at radius 1 is 1.23 bits per heavy atom. The van der Waals surface area contributed by atoms with Crippen molar-refractivity contribution >= 4 is 11.9 Å². The molecule has 0 aliphatic heterocycles. The van der Waals surface area contributed by atoms with Crippen molar-refractivity contribution in [3.05, 3.63) is 48.7 Å². The first-order chi connectivity index (χ1) is 12.3. The van der Waals surface area contributed by atoms with Crippen LogP contribution in [-0.2, 0) is 11.3 Å². The van der Waals surface area contributed by atoms with Crippen LogP contribution >= 0.6 is 0 Å². The zero-order valence-corrected chi connectivity index (χ0v) is 14.3. The minimum Gasteiger partial charge on any atom is -0.481 e. The van der Waals surface area contributed by atoms with Gasteiger partial charge in [0, 0.05) is 18.3 Å². The van der Waals surface area contributed by atoms with Crippen LogP contribution in [0.25, 0.3) is 22.6 Å². The first kappa shape index (κ1) is 17.5. The minimum atomic E-state index is -1.02. The van der Waals surface area contributed by atoms with E-state index in [1.165, 1.54) is 18.3 Å². The summed E-state index contributed by atoms with van der Waals surface area (Å²) in [6, 6.07) is 7.57. The van der Waals surface area contributed by atoms with E-state index in [1.54, 1.807) is 42.9 Å². The van der Waals surface area contributed by atoms with E-state index in [9.17, 15) is 14.3 Å². The smallest absolute Gasteiger partial charge is 0.310 e. The third-order valence-electron chi connectivity index (χ3n) is 4.02. The number of nitrogens with two attached hydrogens (primary N) is 1. The molecule has 2 heterocycles. The average molecular weight is 355 g/mol. The summed E-state index contributed by atoms with van der Waals surface area (Å²) in [6.45, 7) is 3.44. The number of rotatable bonds is 5. The van der Waals surface area contributed by atoms with E-state index in [4.69, 9.17) is 5.73 Å². The van der Waals surface area contributed by atoms with E-state index in [-0.39, 0.29) is 18.3 Å². The number of aromatic nitrogens is 4. The average Bonchev–Trinajstić information content (AvgIpc) is 2.98. The Morgan fingerprint density at radius 2 is 1.92 bits per heavy atom. The van der Waals surface area contributed by atoms with Gasteiger partial charge < -0.3 is 15.4 Å². The highest BCUT2D eigenvalue weighted by atomic mass is 19.1. The molecule has 0 amide bonds. The lowest BCUT2D eigenvalue weighted by Gasteiger charge is -2.21. The normalized spacial score (nSPS) is 11.5. The fourth-order valence-corrected chi connectivity index (χ4v) is 2.59. The molecule has 0 fully saturated rings. The quantitative estimate of drug-likeness (QED) is 0.729. The predicted molar refractivity (Wildman–Crippen MR) is 94.5 cm³/mol. The van der Waals surface area contributed by atoms with Crippen molar-refractivity contribution in [2.45, 2.75) is 20.4 Å². The molecule has 2 aromatic heterocycles. The van der Waals surface area contributed by atoms with Gasteiger partial charge in [0.05, 0.1) is 28.8 Å². The Bertz CT molecular complexity index is 950. The number of anilines is 1. The van der Waals surface area contributed by atoms with Crippen molar-refractivity contribution in [1.29, 1.82) is 0 Å². The highest BCUT2D eigenvalue weighted by molar-refractivity contribution is 5.78. The molecule has 1 aromatic carbocycles. The van der Waals surface area contributed by atoms with E-state index in [2.05, 4.69) is 15.0 Å². The molecule has 0 saturated carbocycles. The Kier molecular flexibility index (Phi) is 4.41. The molecular formula is C18H18FN5O2. The summed E-state index contributed by atoms with van der Waals surface area (Å²) in [5.41, 5.74) is 7.04. The van der Waals surface area contributed by atoms with Crippen LogP contribution in [0.3, 0.4) is 0 Å². The monoisotopic (exact) mass is 355 g/mol. The van der Waals surface area contributed by atoms with Gasteiger partial charge in [-0.2, -0.15) is 0 Å². The number of hydrogen-bond acceptors (Lipinski definition) is 5. The highest BCUT2D eigenvalue weighted by Gasteiger charge is 2.30. The van der Waals surface area contributed by atoms with E-state index >= 15 is 0 Å². The molecular weight excluding hydrogens is 337 g/mol. The Balaban J connectivity index is 2.17. The second-order valence-corrected chi connectivity index (χ2v) is 6.57. The predicted octanol–water partition coefficient (Wildman–Crippen LogP) is 2.84. The van der Waals surface area contributed by atoms with Crippen LogP contribution in [-0.4, -0.2) is 30.6 Å². The fourth-order valence-electron chi connectivity index (χ4n) is 2.59. The molecule has 3 rings (SSSR count). The van der Waals surface area contributed by atoms with Crippen molar-refractivity contribution in [3.8, 4) is 22.6 Å². The van der Waals surface area contributed by atoms with Crippen LogP contribution in [0.1, 0.15) is 13.8 Å². The molecule has 0 saturated heterocycles. The van der Waals surface area contributed by atoms with Crippen LogP contribution in [0.2, 0.25) is 0 Å². The minimum absolute atomic E-state index is 0.0952. The third-order valence-corrected chi connectivity index (χ3v) is 4.02. The van der Waals surface area contributed by atoms with Crippen molar-refractivity contribution in [3.63, 3.8) is 0 Å². The standard InChI is InChI=1S/C18H18FN5O2/c1-18(2,16(25)26)9-24-10-22-14(11-3-5-12(19)6-4-11)15(24)13-7-8-21-17(20)23-13/h3-8,10H,9H2,1-2H3,(H,25,26)(H2,20,21,23). The van der Waals surface area contributed by atoms with Gasteiger partial charge in [-0.05, 0) is 44.2 Å². The fraction of sp³-hybridized carbons (Fsp3) is 0.222. The maximum atomic E-state index is 13.3. The lowest BCUT2D eigenvalue weighted by Crippen LogP contribution is -2.29. The van der Waals surface area contributed by atoms with Crippen molar-refractivity contribution in [2.75, 3.05) is 5.73 Å². The molecule has 8 heteroatoms. The second kappa shape index (κ2) is 6.55. The maximum Gasteiger partial charge on any atom is 0.310 e. The van der Waals surface area contributed by atoms with Crippen LogP contribution < -0.4 is 5.73 Å². The molecule has 0 aliphatic carbocycles. The Labute approximate surface area is 149 Å². The van der Waals surface area contributed by atoms with Gasteiger partial charge in [0.15, 0.2) is 0 Å². The van der Waals surface area contributed by atoms with Gasteiger partial charge in [0.25, 0.3) is 0 Å². The van der Waals surface area contributed by atoms with Gasteiger partial charge in [-0.3, -0.25) is 4.79 Å². The van der Waals surface area contributed by atoms with Gasteiger partial charge in [-0.15, -0.1) is 0 Å². The van der Waals surface area contributed by atoms with Crippen molar-refractivity contribution in [2.24, 2.45) is 5.41 Å². The number of benzene rings is 1. The Morgan fingerprint density at radius 3 is 2.54 bits per heavy atom. The molecule has 0 atom stereocenters. The molecule has 0 spiro atoms. The number of nitrogen functional groups attached to an aromatic ring is 1. The largest absolute Gasteiger partial charge is 0.481 e. The number of nitrogens with zero attached hydrogens (tertiary/aromatic N) is 4. The molecule has 3 N–H and O–H groups in total. The van der Waals surface area contributed by atoms with Crippen LogP contribution in [0.5, 0.6) is 0 Å². The van der Waals surface area contributed by atoms with Gasteiger partial charge in [-0.1, -0.05) is 0 Å². The maximum absolute atomic E-state index is 13.3. The number of carboxylic acids is 1. The third kappa shape index (κ3) is 3.39. The van der Waals surface area contributed by atoms with Crippen LogP contribution in [0, 0.1) is 11.2 Å². The van der Waals surface area contributed by atoms with Crippen molar-refractivity contribution in [1.82, 2.24) is 19.5 Å². The van der Waals surface area contributed by atoms with Gasteiger partial charge in [0.2, 0.25) is 5.95 Å². The second-order valence-electron chi connectivity index (χ2n) is 6.57. The first-order valence-electron chi connectivity index (χ1n) is 7.91. The molecule has 26 heavy (non-hydrogen) atoms. The van der Waals surface area contributed by atoms with Crippen LogP contribution in [0.4, 0.5) is 10.3 Å². The van der Waals surface area contributed by atoms with E-state index in [1.807, 2.05) is 0 Å². The molecule has 7 nitrogen and oxygen atoms in total. The summed E-state index contributed by atoms with van der Waals surface area (Å²) in [7, 11) is 0. The molecule has 134 valence electrons. The van der Waals surface area contributed by atoms with Crippen molar-refractivity contribution < 1.29 is 14.3 Å². The summed E-state index contributed by atoms with van der Waals surface area (Å²) in [5.74, 6) is -1.19. The number of aliphatic carboxylic acids is 1. The summed E-state index contributed by atoms with van der Waals surface area (Å²) in [4.78, 5) is 24.1. The van der Waals surface area contributed by atoms with E-state index < -0.39 is 11.4 Å². The zero-order valence-electron chi connectivity index (χ0n) is 14.3. The first-order valence-corrected chi connectivity index (χ1v) is 7.91. The number of halogens is 1. The lowest BCUT2D eigenvalue weighted by atomic mass is 9.93. The van der Waals surface area contributed by atoms with E-state index in [0.717, 1.165) is 0 Å². The molecule has 0 radical (unpaired) electrons. The highest BCUT2D eigenvalue weighted by Crippen LogP contribution is 2.32.